The summed E-state index contributed by atoms with van der Waals surface area (Å²) >= 11 is 0. The third kappa shape index (κ3) is 1.90. The Morgan fingerprint density at radius 3 is 2.62 bits per heavy atom. The number of rotatable bonds is 2. The summed E-state index contributed by atoms with van der Waals surface area (Å²) in [7, 11) is 0. The Morgan fingerprint density at radius 1 is 1.19 bits per heavy atom. The lowest BCUT2D eigenvalue weighted by molar-refractivity contribution is 0.220. The van der Waals surface area contributed by atoms with E-state index in [1.165, 1.54) is 0 Å². The van der Waals surface area contributed by atoms with Crippen LogP contribution in [0.3, 0.4) is 0 Å². The van der Waals surface area contributed by atoms with Crippen LogP contribution in [0.5, 0.6) is 0 Å². The van der Waals surface area contributed by atoms with Gasteiger partial charge in [-0.25, -0.2) is 0 Å². The smallest absolute Gasteiger partial charge is 0.108 e. The zero-order valence-corrected chi connectivity index (χ0v) is 9.09. The molecule has 0 saturated carbocycles. The monoisotopic (exact) mass is 214 g/mol. The van der Waals surface area contributed by atoms with Gasteiger partial charge in [-0.1, -0.05) is 24.3 Å². The summed E-state index contributed by atoms with van der Waals surface area (Å²) in [6.45, 7) is 1.96. The highest BCUT2D eigenvalue weighted by atomic mass is 16.3. The normalized spacial score (nSPS) is 12.4. The number of aliphatic hydroxyl groups excluding tert-OH is 1. The van der Waals surface area contributed by atoms with Crippen LogP contribution in [0.2, 0.25) is 0 Å². The minimum atomic E-state index is -0.713. The van der Waals surface area contributed by atoms with Crippen molar-refractivity contribution < 1.29 is 5.11 Å². The molecular formula is C13H14N2O. The first-order valence-electron chi connectivity index (χ1n) is 5.13. The summed E-state index contributed by atoms with van der Waals surface area (Å²) in [4.78, 5) is 3.98. The van der Waals surface area contributed by atoms with Crippen LogP contribution in [0.15, 0.2) is 42.7 Å². The van der Waals surface area contributed by atoms with Crippen molar-refractivity contribution in [2.75, 3.05) is 5.73 Å². The van der Waals surface area contributed by atoms with Gasteiger partial charge in [0.1, 0.15) is 6.10 Å². The van der Waals surface area contributed by atoms with Gasteiger partial charge < -0.3 is 10.8 Å². The van der Waals surface area contributed by atoms with Gasteiger partial charge in [-0.15, -0.1) is 0 Å². The van der Waals surface area contributed by atoms with Gasteiger partial charge in [0.05, 0.1) is 0 Å². The number of nitrogens with two attached hydrogens (primary N) is 1. The zero-order valence-electron chi connectivity index (χ0n) is 9.09. The van der Waals surface area contributed by atoms with Crippen LogP contribution >= 0.6 is 0 Å². The molecule has 1 unspecified atom stereocenters. The molecule has 0 saturated heterocycles. The number of hydrogen-bond acceptors (Lipinski definition) is 3. The molecule has 1 aromatic heterocycles. The largest absolute Gasteiger partial charge is 0.398 e. The van der Waals surface area contributed by atoms with Crippen LogP contribution in [0, 0.1) is 6.92 Å². The molecule has 2 rings (SSSR count). The van der Waals surface area contributed by atoms with Crippen molar-refractivity contribution in [1.29, 1.82) is 0 Å². The molecule has 1 heterocycles. The van der Waals surface area contributed by atoms with Gasteiger partial charge in [0.15, 0.2) is 0 Å². The zero-order chi connectivity index (χ0) is 11.5. The maximum Gasteiger partial charge on any atom is 0.108 e. The predicted molar refractivity (Wildman–Crippen MR) is 63.9 cm³/mol. The highest BCUT2D eigenvalue weighted by Crippen LogP contribution is 2.27. The van der Waals surface area contributed by atoms with Crippen LogP contribution in [0.25, 0.3) is 0 Å². The van der Waals surface area contributed by atoms with Gasteiger partial charge in [-0.3, -0.25) is 4.98 Å². The first kappa shape index (κ1) is 10.6. The third-order valence-corrected chi connectivity index (χ3v) is 2.66. The van der Waals surface area contributed by atoms with E-state index in [9.17, 15) is 5.11 Å². The number of anilines is 1. The number of aliphatic hydroxyl groups is 1. The molecule has 16 heavy (non-hydrogen) atoms. The molecule has 1 atom stereocenters. The predicted octanol–water partition coefficient (Wildman–Crippen LogP) is 2.05. The Morgan fingerprint density at radius 2 is 1.94 bits per heavy atom. The molecule has 0 radical (unpaired) electrons. The molecule has 0 aliphatic heterocycles. The highest BCUT2D eigenvalue weighted by molar-refractivity contribution is 5.49. The molecule has 0 bridgehead atoms. The summed E-state index contributed by atoms with van der Waals surface area (Å²) in [5, 5.41) is 10.2. The number of benzene rings is 1. The minimum Gasteiger partial charge on any atom is -0.398 e. The Labute approximate surface area is 94.6 Å². The summed E-state index contributed by atoms with van der Waals surface area (Å²) in [6, 6.07) is 9.39. The van der Waals surface area contributed by atoms with Crippen molar-refractivity contribution in [2.45, 2.75) is 13.0 Å². The Balaban J connectivity index is 2.44. The molecule has 0 fully saturated rings. The van der Waals surface area contributed by atoms with Gasteiger partial charge in [0.25, 0.3) is 0 Å². The molecule has 82 valence electrons. The summed E-state index contributed by atoms with van der Waals surface area (Å²) < 4.78 is 0. The summed E-state index contributed by atoms with van der Waals surface area (Å²) in [5.74, 6) is 0. The standard InChI is InChI=1S/C13H14N2O/c1-9-4-2-3-5-10(9)13(16)11-8-15-7-6-12(11)14/h2-8,13,16H,1H3,(H2,14,15). The Kier molecular flexibility index (Phi) is 2.88. The quantitative estimate of drug-likeness (QED) is 0.804. The first-order valence-corrected chi connectivity index (χ1v) is 5.13. The van der Waals surface area contributed by atoms with E-state index in [0.29, 0.717) is 11.3 Å². The van der Waals surface area contributed by atoms with Crippen LogP contribution in [0.4, 0.5) is 5.69 Å². The maximum absolute atomic E-state index is 10.2. The lowest BCUT2D eigenvalue weighted by atomic mass is 9.98. The van der Waals surface area contributed by atoms with Crippen LogP contribution in [-0.2, 0) is 0 Å². The van der Waals surface area contributed by atoms with Gasteiger partial charge >= 0.3 is 0 Å². The fourth-order valence-electron chi connectivity index (χ4n) is 1.71. The number of aryl methyl sites for hydroxylation is 1. The third-order valence-electron chi connectivity index (χ3n) is 2.66. The van der Waals surface area contributed by atoms with Gasteiger partial charge in [0, 0.05) is 23.6 Å². The van der Waals surface area contributed by atoms with E-state index in [2.05, 4.69) is 4.98 Å². The molecule has 0 aliphatic rings. The van der Waals surface area contributed by atoms with Crippen molar-refractivity contribution in [3.05, 3.63) is 59.4 Å². The number of nitrogen functional groups attached to an aromatic ring is 1. The molecule has 3 heteroatoms. The average Bonchev–Trinajstić information content (AvgIpc) is 2.29. The maximum atomic E-state index is 10.2. The van der Waals surface area contributed by atoms with Crippen molar-refractivity contribution >= 4 is 5.69 Å². The van der Waals surface area contributed by atoms with E-state index < -0.39 is 6.10 Å². The number of nitrogens with zero attached hydrogens (tertiary/aromatic N) is 1. The summed E-state index contributed by atoms with van der Waals surface area (Å²) in [6.07, 6.45) is 2.51. The van der Waals surface area contributed by atoms with Crippen molar-refractivity contribution in [3.63, 3.8) is 0 Å². The highest BCUT2D eigenvalue weighted by Gasteiger charge is 2.14. The number of aromatic nitrogens is 1. The number of hydrogen-bond donors (Lipinski definition) is 2. The lowest BCUT2D eigenvalue weighted by Crippen LogP contribution is -2.05. The van der Waals surface area contributed by atoms with E-state index in [1.807, 2.05) is 31.2 Å². The summed E-state index contributed by atoms with van der Waals surface area (Å²) in [5.41, 5.74) is 8.92. The van der Waals surface area contributed by atoms with E-state index in [0.717, 1.165) is 11.1 Å². The van der Waals surface area contributed by atoms with Gasteiger partial charge in [-0.05, 0) is 24.1 Å². The fourth-order valence-corrected chi connectivity index (χ4v) is 1.71. The van der Waals surface area contributed by atoms with Crippen molar-refractivity contribution in [2.24, 2.45) is 0 Å². The SMILES string of the molecule is Cc1ccccc1C(O)c1cnccc1N. The molecule has 3 nitrogen and oxygen atoms in total. The first-order chi connectivity index (χ1) is 7.70. The average molecular weight is 214 g/mol. The van der Waals surface area contributed by atoms with E-state index >= 15 is 0 Å². The molecule has 3 N–H and O–H groups in total. The van der Waals surface area contributed by atoms with Gasteiger partial charge in [0.2, 0.25) is 0 Å². The number of pyridine rings is 1. The molecule has 2 aromatic rings. The van der Waals surface area contributed by atoms with Crippen LogP contribution in [-0.4, -0.2) is 10.1 Å². The lowest BCUT2D eigenvalue weighted by Gasteiger charge is -2.15. The Hall–Kier alpha value is -1.87. The van der Waals surface area contributed by atoms with Crippen LogP contribution in [0.1, 0.15) is 22.8 Å². The molecule has 0 spiro atoms. The second-order valence-corrected chi connectivity index (χ2v) is 3.76. The Bertz CT molecular complexity index is 451. The van der Waals surface area contributed by atoms with Crippen molar-refractivity contribution in [3.8, 4) is 0 Å². The minimum absolute atomic E-state index is 0.561. The van der Waals surface area contributed by atoms with E-state index in [4.69, 9.17) is 5.73 Å². The van der Waals surface area contributed by atoms with Crippen LogP contribution < -0.4 is 5.73 Å². The van der Waals surface area contributed by atoms with Crippen molar-refractivity contribution in [1.82, 2.24) is 4.98 Å². The topological polar surface area (TPSA) is 59.1 Å². The van der Waals surface area contributed by atoms with Gasteiger partial charge in [-0.2, -0.15) is 0 Å². The molecule has 0 aliphatic carbocycles. The van der Waals surface area contributed by atoms with E-state index in [1.54, 1.807) is 18.5 Å². The fraction of sp³-hybridized carbons (Fsp3) is 0.154. The second-order valence-electron chi connectivity index (χ2n) is 3.76. The molecule has 1 aromatic carbocycles. The van der Waals surface area contributed by atoms with E-state index in [-0.39, 0.29) is 0 Å². The molecule has 0 amide bonds. The molecular weight excluding hydrogens is 200 g/mol. The second kappa shape index (κ2) is 4.33.